The van der Waals surface area contributed by atoms with E-state index in [-0.39, 0.29) is 28.4 Å². The van der Waals surface area contributed by atoms with Crippen molar-refractivity contribution in [1.29, 1.82) is 0 Å². The van der Waals surface area contributed by atoms with E-state index in [0.29, 0.717) is 17.1 Å². The van der Waals surface area contributed by atoms with Gasteiger partial charge in [-0.2, -0.15) is 0 Å². The first-order valence-electron chi connectivity index (χ1n) is 7.93. The normalized spacial score (nSPS) is 28.8. The molecule has 2 aliphatic rings. The summed E-state index contributed by atoms with van der Waals surface area (Å²) >= 11 is 0.534. The Morgan fingerprint density at radius 2 is 2.04 bits per heavy atom. The number of carbonyl (C=O) groups is 1. The van der Waals surface area contributed by atoms with E-state index in [0.717, 1.165) is 7.11 Å². The van der Waals surface area contributed by atoms with Crippen LogP contribution in [0.5, 0.6) is 17.2 Å². The molecule has 146 valence electrons. The number of esters is 1. The fraction of sp³-hybridized carbons (Fsp3) is 0.471. The number of ether oxygens (including phenoxy) is 4. The Labute approximate surface area is 156 Å². The fourth-order valence-electron chi connectivity index (χ4n) is 3.79. The van der Waals surface area contributed by atoms with Gasteiger partial charge in [-0.25, -0.2) is 8.78 Å². The molecule has 2 aromatic rings. The van der Waals surface area contributed by atoms with Crippen molar-refractivity contribution in [1.82, 2.24) is 0 Å². The van der Waals surface area contributed by atoms with Crippen molar-refractivity contribution in [3.8, 4) is 17.2 Å². The van der Waals surface area contributed by atoms with Crippen molar-refractivity contribution in [3.05, 3.63) is 17.9 Å². The molecule has 1 fully saturated rings. The lowest BCUT2D eigenvalue weighted by Crippen LogP contribution is -2.46. The second-order valence-corrected chi connectivity index (χ2v) is 7.67. The van der Waals surface area contributed by atoms with Crippen LogP contribution in [0.3, 0.4) is 0 Å². The van der Waals surface area contributed by atoms with Crippen LogP contribution in [0.2, 0.25) is 0 Å². The highest BCUT2D eigenvalue weighted by Crippen LogP contribution is 2.66. The van der Waals surface area contributed by atoms with Crippen molar-refractivity contribution in [2.75, 3.05) is 21.3 Å². The molecule has 7 nitrogen and oxygen atoms in total. The van der Waals surface area contributed by atoms with Crippen molar-refractivity contribution < 1.29 is 42.0 Å². The van der Waals surface area contributed by atoms with Crippen LogP contribution in [0, 0.1) is 0 Å². The molecule has 0 amide bonds. The summed E-state index contributed by atoms with van der Waals surface area (Å²) in [6.07, 6.45) is -2.13. The standard InChI is InChI=1S/C17H16F2O7S/c1-22-9-7-4-5-25-10(7)12(23-2)11-8(9)16(21)6-17(26-11,15(18)19)27-13(16)14(20)24-3/h4-5,13,15,21H,6H2,1-3H3/t13-,16-,17-/m1/s1. The number of aliphatic hydroxyl groups is 1. The molecule has 10 heteroatoms. The number of benzene rings is 1. The van der Waals surface area contributed by atoms with Crippen LogP contribution in [0.4, 0.5) is 8.78 Å². The van der Waals surface area contributed by atoms with Crippen LogP contribution in [0.1, 0.15) is 12.0 Å². The van der Waals surface area contributed by atoms with Gasteiger partial charge in [0.25, 0.3) is 6.43 Å². The van der Waals surface area contributed by atoms with Gasteiger partial charge in [-0.1, -0.05) is 11.8 Å². The van der Waals surface area contributed by atoms with Crippen LogP contribution < -0.4 is 14.2 Å². The van der Waals surface area contributed by atoms with Gasteiger partial charge in [-0.3, -0.25) is 4.79 Å². The number of furan rings is 1. The predicted molar refractivity (Wildman–Crippen MR) is 90.6 cm³/mol. The van der Waals surface area contributed by atoms with Crippen LogP contribution in [0.25, 0.3) is 11.0 Å². The average Bonchev–Trinajstić information content (AvgIpc) is 3.21. The Bertz CT molecular complexity index is 930. The van der Waals surface area contributed by atoms with Gasteiger partial charge in [0.1, 0.15) is 16.6 Å². The smallest absolute Gasteiger partial charge is 0.322 e. The number of fused-ring (bicyclic) bond motifs is 5. The molecule has 0 saturated carbocycles. The van der Waals surface area contributed by atoms with E-state index >= 15 is 0 Å². The van der Waals surface area contributed by atoms with Gasteiger partial charge in [-0.05, 0) is 6.07 Å². The minimum atomic E-state index is -2.99. The molecule has 2 aliphatic heterocycles. The van der Waals surface area contributed by atoms with Gasteiger partial charge < -0.3 is 28.5 Å². The van der Waals surface area contributed by atoms with Gasteiger partial charge in [-0.15, -0.1) is 0 Å². The fourth-order valence-corrected chi connectivity index (χ4v) is 5.31. The summed E-state index contributed by atoms with van der Waals surface area (Å²) in [5, 5.41) is 10.6. The van der Waals surface area contributed by atoms with Crippen molar-refractivity contribution in [2.24, 2.45) is 0 Å². The number of halogens is 2. The monoisotopic (exact) mass is 402 g/mol. The van der Waals surface area contributed by atoms with Gasteiger partial charge in [0.05, 0.1) is 38.5 Å². The Morgan fingerprint density at radius 1 is 1.33 bits per heavy atom. The third-order valence-corrected chi connectivity index (χ3v) is 6.53. The highest BCUT2D eigenvalue weighted by Gasteiger charge is 2.69. The number of rotatable bonds is 4. The van der Waals surface area contributed by atoms with Crippen LogP contribution in [0.15, 0.2) is 16.7 Å². The molecule has 1 aromatic carbocycles. The molecule has 3 atom stereocenters. The van der Waals surface area contributed by atoms with Crippen molar-refractivity contribution in [3.63, 3.8) is 0 Å². The second-order valence-electron chi connectivity index (χ2n) is 6.27. The zero-order valence-electron chi connectivity index (χ0n) is 14.6. The second kappa shape index (κ2) is 5.90. The lowest BCUT2D eigenvalue weighted by molar-refractivity contribution is -0.147. The molecule has 1 N–H and O–H groups in total. The van der Waals surface area contributed by atoms with Crippen molar-refractivity contribution >= 4 is 28.7 Å². The first-order valence-corrected chi connectivity index (χ1v) is 8.81. The van der Waals surface area contributed by atoms with Gasteiger partial charge >= 0.3 is 5.97 Å². The van der Waals surface area contributed by atoms with E-state index in [1.54, 1.807) is 6.07 Å². The largest absolute Gasteiger partial charge is 0.495 e. The summed E-state index contributed by atoms with van der Waals surface area (Å²) in [6.45, 7) is 0. The van der Waals surface area contributed by atoms with Gasteiger partial charge in [0.15, 0.2) is 11.3 Å². The summed E-state index contributed by atoms with van der Waals surface area (Å²) in [4.78, 5) is 10.2. The topological polar surface area (TPSA) is 87.4 Å². The van der Waals surface area contributed by atoms with E-state index in [9.17, 15) is 18.7 Å². The van der Waals surface area contributed by atoms with E-state index in [4.69, 9.17) is 23.4 Å². The Balaban J connectivity index is 2.09. The first-order chi connectivity index (χ1) is 12.8. The van der Waals surface area contributed by atoms with E-state index in [2.05, 4.69) is 0 Å². The minimum absolute atomic E-state index is 0.0417. The number of hydrogen-bond donors (Lipinski definition) is 1. The molecule has 0 spiro atoms. The highest BCUT2D eigenvalue weighted by atomic mass is 32.2. The number of carbonyl (C=O) groups excluding carboxylic acids is 1. The third-order valence-electron chi connectivity index (χ3n) is 4.91. The summed E-state index contributed by atoms with van der Waals surface area (Å²) in [7, 11) is 3.82. The zero-order valence-corrected chi connectivity index (χ0v) is 15.4. The number of hydrogen-bond acceptors (Lipinski definition) is 8. The maximum absolute atomic E-state index is 14.0. The average molecular weight is 402 g/mol. The summed E-state index contributed by atoms with van der Waals surface area (Å²) in [6, 6.07) is 1.59. The number of alkyl halides is 2. The molecule has 2 bridgehead atoms. The molecule has 1 saturated heterocycles. The molecule has 0 unspecified atom stereocenters. The van der Waals surface area contributed by atoms with E-state index in [1.807, 2.05) is 0 Å². The quantitative estimate of drug-likeness (QED) is 0.782. The van der Waals surface area contributed by atoms with Crippen LogP contribution >= 0.6 is 11.8 Å². The maximum atomic E-state index is 14.0. The molecule has 0 radical (unpaired) electrons. The molecule has 1 aromatic heterocycles. The van der Waals surface area contributed by atoms with Crippen molar-refractivity contribution in [2.45, 2.75) is 28.6 Å². The van der Waals surface area contributed by atoms with E-state index < -0.39 is 34.6 Å². The SMILES string of the molecule is COC(=O)[C@H]1S[C@@]2(C(F)F)C[C@@]1(O)c1c(c(OC)c3occc3c1OC)O2. The molecule has 27 heavy (non-hydrogen) atoms. The predicted octanol–water partition coefficient (Wildman–Crippen LogP) is 2.67. The van der Waals surface area contributed by atoms with Gasteiger partial charge in [0, 0.05) is 6.42 Å². The Morgan fingerprint density at radius 3 is 2.63 bits per heavy atom. The summed E-state index contributed by atoms with van der Waals surface area (Å²) in [5.41, 5.74) is -1.72. The molecule has 0 aliphatic carbocycles. The van der Waals surface area contributed by atoms with Gasteiger partial charge in [0.2, 0.25) is 10.7 Å². The highest BCUT2D eigenvalue weighted by molar-refractivity contribution is 8.02. The lowest BCUT2D eigenvalue weighted by Gasteiger charge is -2.38. The molecule has 3 heterocycles. The maximum Gasteiger partial charge on any atom is 0.322 e. The van der Waals surface area contributed by atoms with Crippen LogP contribution in [-0.4, -0.2) is 49.0 Å². The molecular weight excluding hydrogens is 386 g/mol. The van der Waals surface area contributed by atoms with E-state index in [1.165, 1.54) is 20.5 Å². The minimum Gasteiger partial charge on any atom is -0.495 e. The number of thioether (sulfide) groups is 1. The number of methoxy groups -OCH3 is 3. The summed E-state index contributed by atoms with van der Waals surface area (Å²) in [5.74, 6) is -0.768. The zero-order chi connectivity index (χ0) is 19.6. The third kappa shape index (κ3) is 2.19. The molecular formula is C17H16F2O7S. The van der Waals surface area contributed by atoms with Crippen LogP contribution in [-0.2, 0) is 15.1 Å². The Kier molecular flexibility index (Phi) is 3.97. The summed E-state index contributed by atoms with van der Waals surface area (Å²) < 4.78 is 54.6. The Hall–Kier alpha value is -2.20. The lowest BCUT2D eigenvalue weighted by atomic mass is 9.81. The first kappa shape index (κ1) is 18.2. The molecule has 4 rings (SSSR count).